The molecule has 3 amide bonds. The van der Waals surface area contributed by atoms with Gasteiger partial charge in [0.15, 0.2) is 0 Å². The van der Waals surface area contributed by atoms with Crippen LogP contribution in [0.4, 0.5) is 4.79 Å². The molecule has 0 radical (unpaired) electrons. The highest BCUT2D eigenvalue weighted by Crippen LogP contribution is 2.16. The normalized spacial score (nSPS) is 19.0. The fourth-order valence-corrected chi connectivity index (χ4v) is 2.09. The fraction of sp³-hybridized carbons (Fsp3) is 0.786. The number of carbonyl (C=O) groups is 3. The van der Waals surface area contributed by atoms with Crippen molar-refractivity contribution in [2.75, 3.05) is 26.2 Å². The first-order chi connectivity index (χ1) is 9.71. The number of hydrogen-bond acceptors (Lipinski definition) is 3. The molecule has 7 nitrogen and oxygen atoms in total. The molecule has 1 aliphatic rings. The molecular weight excluding hydrogens is 274 g/mol. The number of urea groups is 1. The monoisotopic (exact) mass is 299 g/mol. The predicted molar refractivity (Wildman–Crippen MR) is 77.8 cm³/mol. The van der Waals surface area contributed by atoms with E-state index in [1.165, 1.54) is 4.90 Å². The molecule has 120 valence electrons. The number of hydrogen-bond donors (Lipinski definition) is 3. The number of carboxylic acid groups (broad SMARTS) is 1. The Balaban J connectivity index is 2.28. The summed E-state index contributed by atoms with van der Waals surface area (Å²) in [7, 11) is 0. The van der Waals surface area contributed by atoms with E-state index in [1.807, 2.05) is 20.8 Å². The van der Waals surface area contributed by atoms with E-state index in [1.54, 1.807) is 0 Å². The zero-order valence-electron chi connectivity index (χ0n) is 12.9. The number of nitrogens with one attached hydrogen (secondary N) is 2. The molecule has 0 aromatic heterocycles. The smallest absolute Gasteiger partial charge is 0.317 e. The lowest BCUT2D eigenvalue weighted by atomic mass is 9.96. The second-order valence-corrected chi connectivity index (χ2v) is 6.36. The molecule has 1 heterocycles. The molecule has 1 unspecified atom stereocenters. The average Bonchev–Trinajstić information content (AvgIpc) is 2.42. The van der Waals surface area contributed by atoms with Crippen molar-refractivity contribution in [3.8, 4) is 0 Å². The Hall–Kier alpha value is -1.79. The van der Waals surface area contributed by atoms with Crippen LogP contribution in [0.15, 0.2) is 0 Å². The summed E-state index contributed by atoms with van der Waals surface area (Å²) in [6.45, 7) is 6.97. The summed E-state index contributed by atoms with van der Waals surface area (Å²) < 4.78 is 0. The first-order valence-corrected chi connectivity index (χ1v) is 7.25. The first kappa shape index (κ1) is 17.3. The van der Waals surface area contributed by atoms with Crippen molar-refractivity contribution in [1.29, 1.82) is 0 Å². The van der Waals surface area contributed by atoms with Crippen molar-refractivity contribution in [2.45, 2.75) is 33.6 Å². The van der Waals surface area contributed by atoms with E-state index in [0.717, 1.165) is 0 Å². The molecule has 1 saturated heterocycles. The Bertz CT molecular complexity index is 404. The van der Waals surface area contributed by atoms with Crippen LogP contribution in [0.25, 0.3) is 0 Å². The molecule has 0 saturated carbocycles. The maximum Gasteiger partial charge on any atom is 0.317 e. The Morgan fingerprint density at radius 3 is 2.38 bits per heavy atom. The summed E-state index contributed by atoms with van der Waals surface area (Å²) in [6.07, 6.45) is 1.31. The molecule has 0 bridgehead atoms. The van der Waals surface area contributed by atoms with Gasteiger partial charge in [-0.25, -0.2) is 4.79 Å². The van der Waals surface area contributed by atoms with E-state index in [9.17, 15) is 14.4 Å². The number of rotatable bonds is 4. The van der Waals surface area contributed by atoms with Crippen LogP contribution in [0.1, 0.15) is 33.6 Å². The highest BCUT2D eigenvalue weighted by atomic mass is 16.4. The predicted octanol–water partition coefficient (Wildman–Crippen LogP) is 0.655. The minimum absolute atomic E-state index is 0.0688. The number of nitrogens with zero attached hydrogens (tertiary/aromatic N) is 1. The number of amides is 3. The van der Waals surface area contributed by atoms with Gasteiger partial charge in [0.2, 0.25) is 5.91 Å². The lowest BCUT2D eigenvalue weighted by Gasteiger charge is -2.30. The molecule has 1 aliphatic heterocycles. The zero-order valence-corrected chi connectivity index (χ0v) is 12.9. The second-order valence-electron chi connectivity index (χ2n) is 6.36. The Labute approximate surface area is 125 Å². The quantitative estimate of drug-likeness (QED) is 0.664. The SMILES string of the molecule is CC(C)(C)C(=O)NCCNC(=O)N1CCCC(C(=O)O)C1. The summed E-state index contributed by atoms with van der Waals surface area (Å²) in [5.41, 5.74) is -0.453. The lowest BCUT2D eigenvalue weighted by Crippen LogP contribution is -2.48. The van der Waals surface area contributed by atoms with Crippen molar-refractivity contribution in [1.82, 2.24) is 15.5 Å². The molecule has 21 heavy (non-hydrogen) atoms. The minimum atomic E-state index is -0.857. The van der Waals surface area contributed by atoms with Crippen molar-refractivity contribution in [3.63, 3.8) is 0 Å². The van der Waals surface area contributed by atoms with Crippen LogP contribution in [0.2, 0.25) is 0 Å². The highest BCUT2D eigenvalue weighted by molar-refractivity contribution is 5.81. The molecule has 0 aliphatic carbocycles. The molecule has 1 atom stereocenters. The third-order valence-electron chi connectivity index (χ3n) is 3.43. The standard InChI is InChI=1S/C14H25N3O4/c1-14(2,3)12(20)15-6-7-16-13(21)17-8-4-5-10(9-17)11(18)19/h10H,4-9H2,1-3H3,(H,15,20)(H,16,21)(H,18,19). The van der Waals surface area contributed by atoms with E-state index in [-0.39, 0.29) is 18.5 Å². The number of carbonyl (C=O) groups excluding carboxylic acids is 2. The van der Waals surface area contributed by atoms with Gasteiger partial charge in [0.25, 0.3) is 0 Å². The maximum atomic E-state index is 11.9. The highest BCUT2D eigenvalue weighted by Gasteiger charge is 2.28. The van der Waals surface area contributed by atoms with Gasteiger partial charge >= 0.3 is 12.0 Å². The van der Waals surface area contributed by atoms with Crippen LogP contribution >= 0.6 is 0 Å². The molecular formula is C14H25N3O4. The Kier molecular flexibility index (Phi) is 5.99. The number of likely N-dealkylation sites (tertiary alicyclic amines) is 1. The van der Waals surface area contributed by atoms with Gasteiger partial charge in [-0.05, 0) is 12.8 Å². The molecule has 1 fully saturated rings. The van der Waals surface area contributed by atoms with Gasteiger partial charge in [-0.3, -0.25) is 9.59 Å². The van der Waals surface area contributed by atoms with Crippen LogP contribution in [0.5, 0.6) is 0 Å². The van der Waals surface area contributed by atoms with Crippen molar-refractivity contribution >= 4 is 17.9 Å². The number of piperidine rings is 1. The minimum Gasteiger partial charge on any atom is -0.481 e. The van der Waals surface area contributed by atoms with Crippen LogP contribution in [-0.2, 0) is 9.59 Å². The third kappa shape index (κ3) is 5.61. The van der Waals surface area contributed by atoms with Gasteiger partial charge in [0.1, 0.15) is 0 Å². The van der Waals surface area contributed by atoms with E-state index in [2.05, 4.69) is 10.6 Å². The van der Waals surface area contributed by atoms with Gasteiger partial charge in [-0.2, -0.15) is 0 Å². The summed E-state index contributed by atoms with van der Waals surface area (Å²) in [4.78, 5) is 36.0. The maximum absolute atomic E-state index is 11.9. The third-order valence-corrected chi connectivity index (χ3v) is 3.43. The van der Waals surface area contributed by atoms with E-state index in [4.69, 9.17) is 5.11 Å². The second kappa shape index (κ2) is 7.28. The Morgan fingerprint density at radius 1 is 1.19 bits per heavy atom. The molecule has 0 aromatic carbocycles. The summed E-state index contributed by atoms with van der Waals surface area (Å²) in [5, 5.41) is 14.4. The van der Waals surface area contributed by atoms with Crippen LogP contribution in [-0.4, -0.2) is 54.1 Å². The molecule has 3 N–H and O–H groups in total. The van der Waals surface area contributed by atoms with E-state index >= 15 is 0 Å². The summed E-state index contributed by atoms with van der Waals surface area (Å²) in [5.74, 6) is -1.41. The first-order valence-electron chi connectivity index (χ1n) is 7.25. The number of carboxylic acids is 1. The van der Waals surface area contributed by atoms with Crippen LogP contribution < -0.4 is 10.6 Å². The van der Waals surface area contributed by atoms with Crippen LogP contribution in [0, 0.1) is 11.3 Å². The molecule has 0 aromatic rings. The van der Waals surface area contributed by atoms with Gasteiger partial charge < -0.3 is 20.6 Å². The van der Waals surface area contributed by atoms with Crippen LogP contribution in [0.3, 0.4) is 0 Å². The van der Waals surface area contributed by atoms with E-state index < -0.39 is 17.3 Å². The molecule has 0 spiro atoms. The van der Waals surface area contributed by atoms with Crippen molar-refractivity contribution in [2.24, 2.45) is 11.3 Å². The topological polar surface area (TPSA) is 98.7 Å². The lowest BCUT2D eigenvalue weighted by molar-refractivity contribution is -0.143. The van der Waals surface area contributed by atoms with E-state index in [0.29, 0.717) is 32.5 Å². The summed E-state index contributed by atoms with van der Waals surface area (Å²) >= 11 is 0. The Morgan fingerprint density at radius 2 is 1.81 bits per heavy atom. The molecule has 7 heteroatoms. The fourth-order valence-electron chi connectivity index (χ4n) is 2.09. The van der Waals surface area contributed by atoms with Crippen molar-refractivity contribution < 1.29 is 19.5 Å². The largest absolute Gasteiger partial charge is 0.481 e. The van der Waals surface area contributed by atoms with Crippen molar-refractivity contribution in [3.05, 3.63) is 0 Å². The zero-order chi connectivity index (χ0) is 16.0. The average molecular weight is 299 g/mol. The summed E-state index contributed by atoms with van der Waals surface area (Å²) in [6, 6.07) is -0.272. The van der Waals surface area contributed by atoms with Gasteiger partial charge in [-0.1, -0.05) is 20.8 Å². The molecule has 1 rings (SSSR count). The van der Waals surface area contributed by atoms with Gasteiger partial charge in [0.05, 0.1) is 5.92 Å². The number of aliphatic carboxylic acids is 1. The van der Waals surface area contributed by atoms with Gasteiger partial charge in [0, 0.05) is 31.6 Å². The van der Waals surface area contributed by atoms with Gasteiger partial charge in [-0.15, -0.1) is 0 Å².